The summed E-state index contributed by atoms with van der Waals surface area (Å²) in [5.41, 5.74) is 5.59. The molecule has 1 heterocycles. The summed E-state index contributed by atoms with van der Waals surface area (Å²) in [6.07, 6.45) is 2.36. The Morgan fingerprint density at radius 3 is 2.43 bits per heavy atom. The van der Waals surface area contributed by atoms with Crippen molar-refractivity contribution >= 4 is 34.9 Å². The van der Waals surface area contributed by atoms with Gasteiger partial charge in [-0.05, 0) is 18.2 Å². The molecule has 0 aliphatic carbocycles. The van der Waals surface area contributed by atoms with Gasteiger partial charge in [0.15, 0.2) is 5.84 Å². The number of hydrogen-bond donors (Lipinski definition) is 2. The van der Waals surface area contributed by atoms with Crippen LogP contribution in [0.3, 0.4) is 0 Å². The highest BCUT2D eigenvalue weighted by molar-refractivity contribution is 6.40. The lowest BCUT2D eigenvalue weighted by molar-refractivity contribution is 0.0172. The Labute approximate surface area is 141 Å². The Morgan fingerprint density at radius 1 is 1.26 bits per heavy atom. The van der Waals surface area contributed by atoms with Gasteiger partial charge in [0, 0.05) is 30.4 Å². The molecule has 0 aliphatic rings. The molecule has 0 atom stereocenters. The normalized spacial score (nSPS) is 12.3. The second-order valence-corrected chi connectivity index (χ2v) is 5.57. The second-order valence-electron chi connectivity index (χ2n) is 4.75. The summed E-state index contributed by atoms with van der Waals surface area (Å²) in [6, 6.07) is 5.89. The highest BCUT2D eigenvalue weighted by Gasteiger charge is 2.29. The average Bonchev–Trinajstić information content (AvgIpc) is 2.46. The molecule has 120 valence electrons. The van der Waals surface area contributed by atoms with Crippen molar-refractivity contribution in [1.29, 1.82) is 5.41 Å². The molecule has 0 amide bonds. The highest BCUT2D eigenvalue weighted by atomic mass is 35.5. The van der Waals surface area contributed by atoms with Crippen LogP contribution in [0, 0.1) is 5.41 Å². The number of nitrogens with zero attached hydrogens (tertiary/aromatic N) is 2. The van der Waals surface area contributed by atoms with Gasteiger partial charge in [0.1, 0.15) is 5.84 Å². The van der Waals surface area contributed by atoms with E-state index in [1.165, 1.54) is 6.20 Å². The standard InChI is InChI=1S/C15H12Cl2F2N4/c1-15(18,19)9-5-6-22-7-8(9)13(20)23-14(21)12-10(16)3-2-4-11(12)17/h2-7H,1H3,(H3,20,21,23). The number of nitrogens with two attached hydrogens (primary N) is 1. The largest absolute Gasteiger partial charge is 0.383 e. The van der Waals surface area contributed by atoms with Crippen LogP contribution in [0.2, 0.25) is 10.0 Å². The molecular formula is C15H12Cl2F2N4. The van der Waals surface area contributed by atoms with Gasteiger partial charge in [0.2, 0.25) is 0 Å². The van der Waals surface area contributed by atoms with E-state index in [-0.39, 0.29) is 32.6 Å². The van der Waals surface area contributed by atoms with Gasteiger partial charge in [0.05, 0.1) is 15.6 Å². The van der Waals surface area contributed by atoms with Crippen LogP contribution in [-0.4, -0.2) is 16.7 Å². The SMILES string of the molecule is CC(F)(F)c1ccncc1C(=N)N=C(N)c1c(Cl)cccc1Cl. The molecule has 2 aromatic rings. The lowest BCUT2D eigenvalue weighted by Crippen LogP contribution is -2.19. The fourth-order valence-electron chi connectivity index (χ4n) is 1.95. The minimum atomic E-state index is -3.14. The number of hydrogen-bond acceptors (Lipinski definition) is 2. The first-order valence-corrected chi connectivity index (χ1v) is 7.17. The van der Waals surface area contributed by atoms with E-state index in [2.05, 4.69) is 9.98 Å². The van der Waals surface area contributed by atoms with Crippen LogP contribution in [0.1, 0.15) is 23.6 Å². The number of aromatic nitrogens is 1. The second kappa shape index (κ2) is 6.60. The van der Waals surface area contributed by atoms with E-state index < -0.39 is 11.8 Å². The molecule has 0 fully saturated rings. The number of aliphatic imine (C=N–C) groups is 1. The summed E-state index contributed by atoms with van der Waals surface area (Å²) in [4.78, 5) is 7.61. The highest BCUT2D eigenvalue weighted by Crippen LogP contribution is 2.30. The first kappa shape index (κ1) is 17.3. The van der Waals surface area contributed by atoms with Gasteiger partial charge in [-0.25, -0.2) is 13.8 Å². The minimum Gasteiger partial charge on any atom is -0.383 e. The van der Waals surface area contributed by atoms with Crippen molar-refractivity contribution in [1.82, 2.24) is 4.98 Å². The summed E-state index contributed by atoms with van der Waals surface area (Å²) >= 11 is 12.0. The van der Waals surface area contributed by atoms with Gasteiger partial charge < -0.3 is 5.73 Å². The minimum absolute atomic E-state index is 0.119. The molecule has 3 N–H and O–H groups in total. The number of amidine groups is 2. The topological polar surface area (TPSA) is 75.1 Å². The summed E-state index contributed by atoms with van der Waals surface area (Å²) in [7, 11) is 0. The molecule has 0 aliphatic heterocycles. The lowest BCUT2D eigenvalue weighted by Gasteiger charge is -2.14. The third kappa shape index (κ3) is 3.83. The van der Waals surface area contributed by atoms with Gasteiger partial charge in [-0.3, -0.25) is 10.4 Å². The maximum absolute atomic E-state index is 13.6. The molecule has 0 bridgehead atoms. The first-order valence-electron chi connectivity index (χ1n) is 6.41. The monoisotopic (exact) mass is 356 g/mol. The molecule has 0 saturated heterocycles. The fraction of sp³-hybridized carbons (Fsp3) is 0.133. The van der Waals surface area contributed by atoms with Gasteiger partial charge in [0.25, 0.3) is 5.92 Å². The van der Waals surface area contributed by atoms with Gasteiger partial charge in [-0.15, -0.1) is 0 Å². The molecule has 23 heavy (non-hydrogen) atoms. The van der Waals surface area contributed by atoms with E-state index in [1.54, 1.807) is 18.2 Å². The van der Waals surface area contributed by atoms with Gasteiger partial charge >= 0.3 is 0 Å². The van der Waals surface area contributed by atoms with Crippen LogP contribution in [0.15, 0.2) is 41.7 Å². The first-order chi connectivity index (χ1) is 10.7. The van der Waals surface area contributed by atoms with E-state index in [0.717, 1.165) is 19.2 Å². The Morgan fingerprint density at radius 2 is 1.87 bits per heavy atom. The van der Waals surface area contributed by atoms with Crippen LogP contribution >= 0.6 is 23.2 Å². The predicted molar refractivity (Wildman–Crippen MR) is 87.8 cm³/mol. The van der Waals surface area contributed by atoms with Crippen molar-refractivity contribution < 1.29 is 8.78 Å². The van der Waals surface area contributed by atoms with Crippen LogP contribution in [0.25, 0.3) is 0 Å². The molecule has 2 rings (SSSR count). The van der Waals surface area contributed by atoms with E-state index in [9.17, 15) is 8.78 Å². The third-order valence-corrected chi connectivity index (χ3v) is 3.63. The molecular weight excluding hydrogens is 345 g/mol. The van der Waals surface area contributed by atoms with E-state index in [1.807, 2.05) is 0 Å². The average molecular weight is 357 g/mol. The van der Waals surface area contributed by atoms with E-state index in [0.29, 0.717) is 0 Å². The Hall–Kier alpha value is -2.05. The van der Waals surface area contributed by atoms with Crippen LogP contribution < -0.4 is 5.73 Å². The van der Waals surface area contributed by atoms with Crippen molar-refractivity contribution in [2.75, 3.05) is 0 Å². The van der Waals surface area contributed by atoms with Crippen molar-refractivity contribution in [3.05, 3.63) is 63.4 Å². The van der Waals surface area contributed by atoms with Crippen LogP contribution in [-0.2, 0) is 5.92 Å². The molecule has 1 aromatic carbocycles. The number of pyridine rings is 1. The predicted octanol–water partition coefficient (Wildman–Crippen LogP) is 4.23. The van der Waals surface area contributed by atoms with Crippen molar-refractivity contribution in [2.45, 2.75) is 12.8 Å². The van der Waals surface area contributed by atoms with Gasteiger partial charge in [-0.2, -0.15) is 0 Å². The molecule has 4 nitrogen and oxygen atoms in total. The van der Waals surface area contributed by atoms with E-state index >= 15 is 0 Å². The lowest BCUT2D eigenvalue weighted by atomic mass is 10.0. The fourth-order valence-corrected chi connectivity index (χ4v) is 2.54. The number of alkyl halides is 2. The summed E-state index contributed by atoms with van der Waals surface area (Å²) in [5.74, 6) is -3.74. The maximum Gasteiger partial charge on any atom is 0.271 e. The summed E-state index contributed by atoms with van der Waals surface area (Å²) < 4.78 is 27.2. The molecule has 0 radical (unpaired) electrons. The Bertz CT molecular complexity index is 765. The van der Waals surface area contributed by atoms with Crippen molar-refractivity contribution in [3.63, 3.8) is 0 Å². The van der Waals surface area contributed by atoms with Crippen LogP contribution in [0.5, 0.6) is 0 Å². The smallest absolute Gasteiger partial charge is 0.271 e. The van der Waals surface area contributed by atoms with Crippen molar-refractivity contribution in [2.24, 2.45) is 10.7 Å². The number of nitrogens with one attached hydrogen (secondary N) is 1. The Kier molecular flexibility index (Phi) is 4.97. The summed E-state index contributed by atoms with van der Waals surface area (Å²) in [6.45, 7) is 0.733. The van der Waals surface area contributed by atoms with Crippen LogP contribution in [0.4, 0.5) is 8.78 Å². The molecule has 1 aromatic heterocycles. The van der Waals surface area contributed by atoms with E-state index in [4.69, 9.17) is 34.3 Å². The maximum atomic E-state index is 13.6. The number of halogens is 4. The molecule has 8 heteroatoms. The zero-order chi connectivity index (χ0) is 17.2. The third-order valence-electron chi connectivity index (χ3n) is 3.00. The van der Waals surface area contributed by atoms with Crippen molar-refractivity contribution in [3.8, 4) is 0 Å². The van der Waals surface area contributed by atoms with Gasteiger partial charge in [-0.1, -0.05) is 29.3 Å². The zero-order valence-electron chi connectivity index (χ0n) is 11.9. The molecule has 0 spiro atoms. The quantitative estimate of drug-likeness (QED) is 0.637. The number of benzene rings is 1. The summed E-state index contributed by atoms with van der Waals surface area (Å²) in [5, 5.41) is 8.44. The Balaban J connectivity index is 2.47. The molecule has 0 saturated carbocycles. The molecule has 0 unspecified atom stereocenters. The zero-order valence-corrected chi connectivity index (χ0v) is 13.5. The number of rotatable bonds is 3.